The Morgan fingerprint density at radius 1 is 1.20 bits per heavy atom. The van der Waals surface area contributed by atoms with Gasteiger partial charge in [0.1, 0.15) is 5.75 Å². The number of carbonyl (C=O) groups excluding carboxylic acids is 1. The summed E-state index contributed by atoms with van der Waals surface area (Å²) in [5.74, 6) is -0.313. The Kier molecular flexibility index (Phi) is 3.74. The average molecular weight is 270 g/mol. The molecule has 0 atom stereocenters. The van der Waals surface area contributed by atoms with Gasteiger partial charge in [0.15, 0.2) is 0 Å². The Morgan fingerprint density at radius 3 is 2.55 bits per heavy atom. The maximum atomic E-state index is 12.2. The minimum Gasteiger partial charge on any atom is -0.506 e. The van der Waals surface area contributed by atoms with E-state index in [1.165, 1.54) is 18.5 Å². The fourth-order valence-electron chi connectivity index (χ4n) is 1.99. The second-order valence-corrected chi connectivity index (χ2v) is 5.68. The molecule has 4 nitrogen and oxygen atoms in total. The molecule has 0 aliphatic heterocycles. The van der Waals surface area contributed by atoms with E-state index in [0.717, 1.165) is 11.3 Å². The van der Waals surface area contributed by atoms with Crippen molar-refractivity contribution in [2.24, 2.45) is 0 Å². The van der Waals surface area contributed by atoms with Crippen molar-refractivity contribution in [3.8, 4) is 5.75 Å². The number of nitrogens with zero attached hydrogens (tertiary/aromatic N) is 1. The lowest BCUT2D eigenvalue weighted by atomic mass is 9.86. The summed E-state index contributed by atoms with van der Waals surface area (Å²) < 4.78 is 0. The van der Waals surface area contributed by atoms with Gasteiger partial charge in [-0.1, -0.05) is 39.0 Å². The summed E-state index contributed by atoms with van der Waals surface area (Å²) in [7, 11) is 0. The lowest BCUT2D eigenvalue weighted by Gasteiger charge is -2.23. The zero-order valence-corrected chi connectivity index (χ0v) is 11.8. The van der Waals surface area contributed by atoms with Crippen molar-refractivity contribution in [1.29, 1.82) is 0 Å². The van der Waals surface area contributed by atoms with E-state index in [2.05, 4.69) is 31.1 Å². The number of anilines is 1. The summed E-state index contributed by atoms with van der Waals surface area (Å²) >= 11 is 0. The number of amides is 1. The molecule has 2 rings (SSSR count). The molecule has 1 aromatic carbocycles. The number of aromatic nitrogens is 1. The van der Waals surface area contributed by atoms with Gasteiger partial charge in [-0.15, -0.1) is 0 Å². The lowest BCUT2D eigenvalue weighted by Crippen LogP contribution is -2.18. The summed E-state index contributed by atoms with van der Waals surface area (Å²) in [4.78, 5) is 16.0. The predicted octanol–water partition coefficient (Wildman–Crippen LogP) is 3.34. The molecule has 20 heavy (non-hydrogen) atoms. The van der Waals surface area contributed by atoms with E-state index in [0.29, 0.717) is 5.56 Å². The molecular weight excluding hydrogens is 252 g/mol. The quantitative estimate of drug-likeness (QED) is 0.879. The van der Waals surface area contributed by atoms with Gasteiger partial charge in [-0.05, 0) is 23.1 Å². The summed E-state index contributed by atoms with van der Waals surface area (Å²) in [5, 5.41) is 12.2. The summed E-state index contributed by atoms with van der Waals surface area (Å²) in [6.07, 6.45) is 2.72. The molecule has 2 N–H and O–H groups in total. The van der Waals surface area contributed by atoms with Gasteiger partial charge in [-0.25, -0.2) is 0 Å². The minimum absolute atomic E-state index is 0.0262. The van der Waals surface area contributed by atoms with E-state index in [1.807, 2.05) is 24.3 Å². The molecule has 0 bridgehead atoms. The monoisotopic (exact) mass is 270 g/mol. The molecular formula is C16H18N2O2. The van der Waals surface area contributed by atoms with Crippen molar-refractivity contribution in [1.82, 2.24) is 4.98 Å². The van der Waals surface area contributed by atoms with Crippen molar-refractivity contribution in [3.63, 3.8) is 0 Å². The molecule has 0 spiro atoms. The lowest BCUT2D eigenvalue weighted by molar-refractivity contribution is 0.102. The van der Waals surface area contributed by atoms with Crippen LogP contribution in [0.1, 0.15) is 36.7 Å². The van der Waals surface area contributed by atoms with Crippen molar-refractivity contribution in [2.45, 2.75) is 26.2 Å². The van der Waals surface area contributed by atoms with E-state index in [9.17, 15) is 9.90 Å². The normalized spacial score (nSPS) is 11.2. The Bertz CT molecular complexity index is 630. The van der Waals surface area contributed by atoms with E-state index in [1.54, 1.807) is 0 Å². The Labute approximate surface area is 118 Å². The molecule has 1 heterocycles. The number of aromatic hydroxyl groups is 1. The molecule has 104 valence electrons. The first-order valence-electron chi connectivity index (χ1n) is 6.43. The Hall–Kier alpha value is -2.36. The van der Waals surface area contributed by atoms with Crippen LogP contribution in [-0.4, -0.2) is 16.0 Å². The van der Waals surface area contributed by atoms with Gasteiger partial charge >= 0.3 is 0 Å². The largest absolute Gasteiger partial charge is 0.506 e. The average Bonchev–Trinajstić information content (AvgIpc) is 2.38. The highest BCUT2D eigenvalue weighted by atomic mass is 16.3. The van der Waals surface area contributed by atoms with Gasteiger partial charge < -0.3 is 10.4 Å². The zero-order valence-electron chi connectivity index (χ0n) is 11.8. The number of benzene rings is 1. The van der Waals surface area contributed by atoms with Crippen molar-refractivity contribution in [2.75, 3.05) is 5.32 Å². The SMILES string of the molecule is CC(C)(C)c1ccccc1NC(=O)c1cncc(O)c1. The van der Waals surface area contributed by atoms with Crippen molar-refractivity contribution in [3.05, 3.63) is 53.9 Å². The van der Waals surface area contributed by atoms with E-state index < -0.39 is 0 Å². The number of para-hydroxylation sites is 1. The summed E-state index contributed by atoms with van der Waals surface area (Å²) in [6, 6.07) is 9.09. The maximum Gasteiger partial charge on any atom is 0.257 e. The minimum atomic E-state index is -0.287. The molecule has 0 unspecified atom stereocenters. The molecule has 0 aliphatic carbocycles. The Balaban J connectivity index is 2.29. The fourth-order valence-corrected chi connectivity index (χ4v) is 1.99. The molecule has 0 fully saturated rings. The number of nitrogens with one attached hydrogen (secondary N) is 1. The first-order valence-corrected chi connectivity index (χ1v) is 6.43. The zero-order chi connectivity index (χ0) is 14.8. The first kappa shape index (κ1) is 14.1. The third kappa shape index (κ3) is 3.15. The van der Waals surface area contributed by atoms with Crippen LogP contribution >= 0.6 is 0 Å². The molecule has 0 radical (unpaired) electrons. The van der Waals surface area contributed by atoms with Gasteiger partial charge in [-0.3, -0.25) is 9.78 Å². The fraction of sp³-hybridized carbons (Fsp3) is 0.250. The van der Waals surface area contributed by atoms with Crippen LogP contribution in [0.2, 0.25) is 0 Å². The number of carbonyl (C=O) groups is 1. The maximum absolute atomic E-state index is 12.2. The van der Waals surface area contributed by atoms with E-state index in [4.69, 9.17) is 0 Å². The standard InChI is InChI=1S/C16H18N2O2/c1-16(2,3)13-6-4-5-7-14(13)18-15(20)11-8-12(19)10-17-9-11/h4-10,19H,1-3H3,(H,18,20). The number of rotatable bonds is 2. The van der Waals surface area contributed by atoms with Gasteiger partial charge in [0.25, 0.3) is 5.91 Å². The van der Waals surface area contributed by atoms with Gasteiger partial charge in [-0.2, -0.15) is 0 Å². The van der Waals surface area contributed by atoms with E-state index >= 15 is 0 Å². The third-order valence-corrected chi connectivity index (χ3v) is 2.97. The highest BCUT2D eigenvalue weighted by Gasteiger charge is 2.19. The second-order valence-electron chi connectivity index (χ2n) is 5.68. The van der Waals surface area contributed by atoms with Crippen LogP contribution < -0.4 is 5.32 Å². The third-order valence-electron chi connectivity index (χ3n) is 2.97. The highest BCUT2D eigenvalue weighted by Crippen LogP contribution is 2.29. The second kappa shape index (κ2) is 5.33. The number of hydrogen-bond donors (Lipinski definition) is 2. The molecule has 0 saturated carbocycles. The summed E-state index contributed by atoms with van der Waals surface area (Å²) in [6.45, 7) is 6.27. The van der Waals surface area contributed by atoms with Crippen LogP contribution in [0.3, 0.4) is 0 Å². The van der Waals surface area contributed by atoms with Gasteiger partial charge in [0, 0.05) is 11.9 Å². The van der Waals surface area contributed by atoms with Gasteiger partial charge in [0.2, 0.25) is 0 Å². The number of pyridine rings is 1. The van der Waals surface area contributed by atoms with Crippen LogP contribution in [0.4, 0.5) is 5.69 Å². The van der Waals surface area contributed by atoms with Crippen molar-refractivity contribution >= 4 is 11.6 Å². The molecule has 1 aromatic heterocycles. The van der Waals surface area contributed by atoms with Crippen LogP contribution in [0.25, 0.3) is 0 Å². The predicted molar refractivity (Wildman–Crippen MR) is 79.0 cm³/mol. The molecule has 2 aromatic rings. The van der Waals surface area contributed by atoms with Crippen LogP contribution in [-0.2, 0) is 5.41 Å². The highest BCUT2D eigenvalue weighted by molar-refractivity contribution is 6.04. The summed E-state index contributed by atoms with van der Waals surface area (Å²) in [5.41, 5.74) is 2.09. The van der Waals surface area contributed by atoms with Crippen LogP contribution in [0.5, 0.6) is 5.75 Å². The van der Waals surface area contributed by atoms with Crippen LogP contribution in [0, 0.1) is 0 Å². The molecule has 0 saturated heterocycles. The van der Waals surface area contributed by atoms with E-state index in [-0.39, 0.29) is 17.1 Å². The smallest absolute Gasteiger partial charge is 0.257 e. The molecule has 1 amide bonds. The molecule has 0 aliphatic rings. The van der Waals surface area contributed by atoms with Crippen molar-refractivity contribution < 1.29 is 9.90 Å². The molecule has 4 heteroatoms. The topological polar surface area (TPSA) is 62.2 Å². The Morgan fingerprint density at radius 2 is 1.90 bits per heavy atom. The van der Waals surface area contributed by atoms with Gasteiger partial charge in [0.05, 0.1) is 11.8 Å². The van der Waals surface area contributed by atoms with Crippen LogP contribution in [0.15, 0.2) is 42.7 Å². The number of hydrogen-bond acceptors (Lipinski definition) is 3. The first-order chi connectivity index (χ1) is 9.38.